The average molecular weight is 519 g/mol. The Morgan fingerprint density at radius 3 is 2.72 bits per heavy atom. The number of nitrogens with zero attached hydrogens (tertiary/aromatic N) is 4. The van der Waals surface area contributed by atoms with Gasteiger partial charge >= 0.3 is 0 Å². The summed E-state index contributed by atoms with van der Waals surface area (Å²) in [7, 11) is 1.60. The Morgan fingerprint density at radius 2 is 2.06 bits per heavy atom. The summed E-state index contributed by atoms with van der Waals surface area (Å²) < 4.78 is 34.2. The van der Waals surface area contributed by atoms with Gasteiger partial charge in [-0.1, -0.05) is 0 Å². The molecule has 5 atom stereocenters. The predicted molar refractivity (Wildman–Crippen MR) is 132 cm³/mol. The first-order chi connectivity index (χ1) is 17.1. The lowest BCUT2D eigenvalue weighted by Crippen LogP contribution is -2.44. The fourth-order valence-electron chi connectivity index (χ4n) is 5.36. The first kappa shape index (κ1) is 23.8. The Bertz CT molecular complexity index is 1330. The molecular weight excluding hydrogens is 490 g/mol. The van der Waals surface area contributed by atoms with Crippen LogP contribution in [-0.2, 0) is 4.74 Å². The van der Waals surface area contributed by atoms with Crippen LogP contribution < -0.4 is 10.6 Å². The van der Waals surface area contributed by atoms with E-state index in [9.17, 15) is 19.0 Å². The van der Waals surface area contributed by atoms with Gasteiger partial charge in [0.05, 0.1) is 40.2 Å². The molecule has 3 aromatic rings. The summed E-state index contributed by atoms with van der Waals surface area (Å²) in [6.07, 6.45) is 2.29. The van der Waals surface area contributed by atoms with E-state index in [-0.39, 0.29) is 12.5 Å². The van der Waals surface area contributed by atoms with Gasteiger partial charge in [-0.15, -0.1) is 11.3 Å². The maximum absolute atomic E-state index is 14.0. The van der Waals surface area contributed by atoms with Gasteiger partial charge in [-0.2, -0.15) is 4.98 Å². The SMILES string of the molecule is COCC(C)Nc1nc(C)c(-c2nc3c(C4CC4)nccc3s2)c(NC2CC3C(F)(F)C3(O)C2O)n1. The highest BCUT2D eigenvalue weighted by atomic mass is 32.1. The number of aliphatic hydroxyl groups is 2. The Kier molecular flexibility index (Phi) is 5.45. The molecule has 3 heterocycles. The number of alkyl halides is 2. The number of aryl methyl sites for hydroxylation is 1. The summed E-state index contributed by atoms with van der Waals surface area (Å²) in [5.74, 6) is -3.43. The zero-order valence-electron chi connectivity index (χ0n) is 20.1. The second kappa shape index (κ2) is 8.23. The van der Waals surface area contributed by atoms with Crippen LogP contribution in [0, 0.1) is 12.8 Å². The van der Waals surface area contributed by atoms with Crippen LogP contribution in [0.25, 0.3) is 20.8 Å². The molecule has 3 saturated carbocycles. The third kappa shape index (κ3) is 3.57. The van der Waals surface area contributed by atoms with Crippen molar-refractivity contribution in [2.45, 2.75) is 68.7 Å². The van der Waals surface area contributed by atoms with Gasteiger partial charge in [-0.05, 0) is 39.2 Å². The van der Waals surface area contributed by atoms with E-state index in [0.717, 1.165) is 28.8 Å². The highest BCUT2D eigenvalue weighted by Crippen LogP contribution is 2.67. The normalized spacial score (nSPS) is 29.2. The van der Waals surface area contributed by atoms with Crippen molar-refractivity contribution in [3.63, 3.8) is 0 Å². The standard InChI is InChI=1S/C24H28F2N6O3S/c1-10(9-35-3)28-22-29-11(2)16(21-31-18-14(36-21)6-7-27-17(18)12-4-5-12)20(32-22)30-13-8-15-23(34,19(13)33)24(15,25)26/h6-7,10,12-13,15,19,33-34H,4-5,8-9H2,1-3H3,(H2,28,29,30,32). The van der Waals surface area contributed by atoms with Crippen LogP contribution in [0.2, 0.25) is 0 Å². The van der Waals surface area contributed by atoms with E-state index in [4.69, 9.17) is 9.72 Å². The van der Waals surface area contributed by atoms with Crippen LogP contribution in [-0.4, -0.2) is 73.6 Å². The van der Waals surface area contributed by atoms with E-state index in [2.05, 4.69) is 25.6 Å². The van der Waals surface area contributed by atoms with Gasteiger partial charge in [-0.25, -0.2) is 18.7 Å². The van der Waals surface area contributed by atoms with Crippen LogP contribution in [0.3, 0.4) is 0 Å². The Morgan fingerprint density at radius 1 is 1.28 bits per heavy atom. The summed E-state index contributed by atoms with van der Waals surface area (Å²) >= 11 is 1.49. The molecule has 3 aromatic heterocycles. The fourth-order valence-corrected chi connectivity index (χ4v) is 6.43. The minimum Gasteiger partial charge on any atom is -0.388 e. The second-order valence-electron chi connectivity index (χ2n) is 10.1. The number of nitrogens with one attached hydrogen (secondary N) is 2. The highest BCUT2D eigenvalue weighted by Gasteiger charge is 2.87. The minimum atomic E-state index is -3.28. The van der Waals surface area contributed by atoms with E-state index in [0.29, 0.717) is 40.6 Å². The smallest absolute Gasteiger partial charge is 0.285 e. The van der Waals surface area contributed by atoms with Gasteiger partial charge in [0.25, 0.3) is 5.92 Å². The fraction of sp³-hybridized carbons (Fsp3) is 0.583. The molecule has 3 fully saturated rings. The molecule has 4 N–H and O–H groups in total. The lowest BCUT2D eigenvalue weighted by molar-refractivity contribution is -0.0796. The number of thiazole rings is 1. The van der Waals surface area contributed by atoms with Crippen LogP contribution in [0.5, 0.6) is 0 Å². The molecule has 0 saturated heterocycles. The summed E-state index contributed by atoms with van der Waals surface area (Å²) in [5, 5.41) is 28.0. The van der Waals surface area contributed by atoms with Crippen molar-refractivity contribution in [1.29, 1.82) is 0 Å². The molecule has 12 heteroatoms. The topological polar surface area (TPSA) is 125 Å². The van der Waals surface area contributed by atoms with Crippen molar-refractivity contribution in [3.8, 4) is 10.6 Å². The summed E-state index contributed by atoms with van der Waals surface area (Å²) in [6, 6.07) is 1.06. The van der Waals surface area contributed by atoms with E-state index in [1.165, 1.54) is 11.3 Å². The monoisotopic (exact) mass is 518 g/mol. The van der Waals surface area contributed by atoms with Gasteiger partial charge in [-0.3, -0.25) is 4.98 Å². The lowest BCUT2D eigenvalue weighted by Gasteiger charge is -2.26. The second-order valence-corrected chi connectivity index (χ2v) is 11.2. The molecule has 0 aromatic carbocycles. The number of aliphatic hydroxyl groups excluding tert-OH is 1. The molecule has 0 spiro atoms. The van der Waals surface area contributed by atoms with Gasteiger partial charge in [0.1, 0.15) is 22.4 Å². The molecule has 192 valence electrons. The molecule has 0 aliphatic heterocycles. The maximum atomic E-state index is 14.0. The maximum Gasteiger partial charge on any atom is 0.285 e. The summed E-state index contributed by atoms with van der Waals surface area (Å²) in [5.41, 5.74) is 0.723. The summed E-state index contributed by atoms with van der Waals surface area (Å²) in [6.45, 7) is 4.20. The number of hydrogen-bond acceptors (Lipinski definition) is 10. The van der Waals surface area contributed by atoms with E-state index >= 15 is 0 Å². The van der Waals surface area contributed by atoms with Crippen LogP contribution in [0.15, 0.2) is 12.3 Å². The Labute approximate surface area is 210 Å². The number of methoxy groups -OCH3 is 1. The van der Waals surface area contributed by atoms with Gasteiger partial charge in [0.15, 0.2) is 5.60 Å². The van der Waals surface area contributed by atoms with E-state index in [1.54, 1.807) is 13.3 Å². The van der Waals surface area contributed by atoms with Crippen LogP contribution in [0.4, 0.5) is 20.5 Å². The predicted octanol–water partition coefficient (Wildman–Crippen LogP) is 3.32. The minimum absolute atomic E-state index is 0.0770. The molecule has 0 amide bonds. The lowest BCUT2D eigenvalue weighted by atomic mass is 10.1. The molecular formula is C24H28F2N6O3S. The molecule has 9 nitrogen and oxygen atoms in total. The van der Waals surface area contributed by atoms with Gasteiger partial charge in [0.2, 0.25) is 5.95 Å². The van der Waals surface area contributed by atoms with Gasteiger partial charge in [0, 0.05) is 25.3 Å². The van der Waals surface area contributed by atoms with Crippen molar-refractivity contribution in [2.24, 2.45) is 5.92 Å². The molecule has 0 bridgehead atoms. The third-order valence-corrected chi connectivity index (χ3v) is 8.50. The first-order valence-electron chi connectivity index (χ1n) is 12.1. The number of halogens is 2. The van der Waals surface area contributed by atoms with Crippen molar-refractivity contribution in [1.82, 2.24) is 19.9 Å². The quantitative estimate of drug-likeness (QED) is 0.355. The zero-order chi connectivity index (χ0) is 25.4. The average Bonchev–Trinajstić information content (AvgIpc) is 3.63. The zero-order valence-corrected chi connectivity index (χ0v) is 20.9. The number of rotatable bonds is 8. The third-order valence-electron chi connectivity index (χ3n) is 7.46. The van der Waals surface area contributed by atoms with Crippen LogP contribution in [0.1, 0.15) is 43.5 Å². The highest BCUT2D eigenvalue weighted by molar-refractivity contribution is 7.21. The Hall–Kier alpha value is -2.54. The van der Waals surface area contributed by atoms with Crippen molar-refractivity contribution < 1.29 is 23.7 Å². The van der Waals surface area contributed by atoms with Gasteiger partial charge < -0.3 is 25.6 Å². The molecule has 36 heavy (non-hydrogen) atoms. The summed E-state index contributed by atoms with van der Waals surface area (Å²) in [4.78, 5) is 18.7. The number of hydrogen-bond donors (Lipinski definition) is 4. The Balaban J connectivity index is 1.40. The largest absolute Gasteiger partial charge is 0.388 e. The molecule has 6 rings (SSSR count). The van der Waals surface area contributed by atoms with E-state index in [1.807, 2.05) is 19.9 Å². The number of anilines is 2. The molecule has 3 aliphatic rings. The molecule has 0 radical (unpaired) electrons. The first-order valence-corrected chi connectivity index (χ1v) is 12.9. The van der Waals surface area contributed by atoms with Crippen molar-refractivity contribution >= 4 is 33.3 Å². The molecule has 5 unspecified atom stereocenters. The number of aromatic nitrogens is 4. The van der Waals surface area contributed by atoms with E-state index < -0.39 is 29.6 Å². The van der Waals surface area contributed by atoms with Crippen molar-refractivity contribution in [2.75, 3.05) is 24.4 Å². The molecule has 3 aliphatic carbocycles. The number of fused-ring (bicyclic) bond motifs is 2. The number of pyridine rings is 1. The van der Waals surface area contributed by atoms with Crippen LogP contribution >= 0.6 is 11.3 Å². The van der Waals surface area contributed by atoms with Crippen molar-refractivity contribution in [3.05, 3.63) is 23.7 Å². The number of ether oxygens (including phenoxy) is 1.